The molecule has 0 fully saturated rings. The summed E-state index contributed by atoms with van der Waals surface area (Å²) in [7, 11) is 0. The Hall–Kier alpha value is -1.26. The van der Waals surface area contributed by atoms with Crippen molar-refractivity contribution in [3.63, 3.8) is 0 Å². The highest BCUT2D eigenvalue weighted by Crippen LogP contribution is 2.30. The lowest BCUT2D eigenvalue weighted by Gasteiger charge is -2.14. The van der Waals surface area contributed by atoms with E-state index in [1.54, 1.807) is 11.8 Å². The number of para-hydroxylation sites is 1. The molecule has 0 aliphatic rings. The van der Waals surface area contributed by atoms with Crippen LogP contribution in [0.1, 0.15) is 31.2 Å². The third-order valence-corrected chi connectivity index (χ3v) is 4.14. The molecular formula is C15H18ClN3S. The van der Waals surface area contributed by atoms with Crippen molar-refractivity contribution in [1.29, 1.82) is 0 Å². The lowest BCUT2D eigenvalue weighted by atomic mass is 10.2. The number of aromatic nitrogens is 2. The first-order valence-electron chi connectivity index (χ1n) is 6.47. The second-order valence-electron chi connectivity index (χ2n) is 4.83. The van der Waals surface area contributed by atoms with Gasteiger partial charge in [0, 0.05) is 16.4 Å². The number of benzene rings is 1. The van der Waals surface area contributed by atoms with Gasteiger partial charge < -0.3 is 5.32 Å². The minimum atomic E-state index is 0.240. The highest BCUT2D eigenvalue weighted by Gasteiger charge is 2.12. The molecule has 1 heterocycles. The molecule has 106 valence electrons. The highest BCUT2D eigenvalue weighted by molar-refractivity contribution is 7.98. The van der Waals surface area contributed by atoms with E-state index in [-0.39, 0.29) is 5.92 Å². The predicted molar refractivity (Wildman–Crippen MR) is 87.4 cm³/mol. The number of halogens is 1. The van der Waals surface area contributed by atoms with Crippen molar-refractivity contribution in [2.24, 2.45) is 0 Å². The van der Waals surface area contributed by atoms with Gasteiger partial charge in [-0.25, -0.2) is 9.97 Å². The number of nitrogens with zero attached hydrogens (tertiary/aromatic N) is 2. The largest absolute Gasteiger partial charge is 0.339 e. The molecule has 0 saturated carbocycles. The summed E-state index contributed by atoms with van der Waals surface area (Å²) in [5.41, 5.74) is 1.90. The van der Waals surface area contributed by atoms with Crippen molar-refractivity contribution < 1.29 is 0 Å². The van der Waals surface area contributed by atoms with Gasteiger partial charge in [-0.1, -0.05) is 37.6 Å². The Kier molecular flexibility index (Phi) is 4.89. The first-order valence-corrected chi connectivity index (χ1v) is 8.07. The lowest BCUT2D eigenvalue weighted by Crippen LogP contribution is -2.05. The zero-order chi connectivity index (χ0) is 14.7. The Labute approximate surface area is 129 Å². The van der Waals surface area contributed by atoms with Crippen molar-refractivity contribution in [2.75, 3.05) is 11.6 Å². The Morgan fingerprint density at radius 2 is 1.90 bits per heavy atom. The molecule has 0 radical (unpaired) electrons. The molecule has 0 saturated heterocycles. The average molecular weight is 308 g/mol. The molecule has 5 heteroatoms. The maximum absolute atomic E-state index is 6.21. The van der Waals surface area contributed by atoms with Crippen LogP contribution in [0.25, 0.3) is 0 Å². The number of rotatable bonds is 4. The van der Waals surface area contributed by atoms with E-state index >= 15 is 0 Å². The van der Waals surface area contributed by atoms with Gasteiger partial charge in [-0.05, 0) is 25.3 Å². The van der Waals surface area contributed by atoms with Crippen LogP contribution in [0.4, 0.5) is 11.5 Å². The molecule has 3 nitrogen and oxygen atoms in total. The summed E-state index contributed by atoms with van der Waals surface area (Å²) in [6.45, 7) is 6.04. The topological polar surface area (TPSA) is 37.8 Å². The molecule has 2 aromatic rings. The van der Waals surface area contributed by atoms with Gasteiger partial charge in [0.05, 0.1) is 5.69 Å². The molecule has 0 aliphatic heterocycles. The smallest absolute Gasteiger partial charge is 0.138 e. The van der Waals surface area contributed by atoms with Gasteiger partial charge in [-0.2, -0.15) is 0 Å². The molecular weight excluding hydrogens is 290 g/mol. The van der Waals surface area contributed by atoms with E-state index in [9.17, 15) is 0 Å². The normalized spacial score (nSPS) is 10.9. The van der Waals surface area contributed by atoms with Crippen LogP contribution in [-0.4, -0.2) is 16.2 Å². The molecule has 0 unspecified atom stereocenters. The number of nitrogens with one attached hydrogen (secondary N) is 1. The van der Waals surface area contributed by atoms with Gasteiger partial charge in [0.2, 0.25) is 0 Å². The second kappa shape index (κ2) is 6.46. The molecule has 0 spiro atoms. The zero-order valence-electron chi connectivity index (χ0n) is 12.1. The molecule has 0 atom stereocenters. The SMILES string of the molecule is CSc1ccccc1Nc1nc(C(C)C)nc(Cl)c1C. The summed E-state index contributed by atoms with van der Waals surface area (Å²) >= 11 is 7.90. The third-order valence-electron chi connectivity index (χ3n) is 2.98. The van der Waals surface area contributed by atoms with Crippen molar-refractivity contribution in [3.05, 3.63) is 40.8 Å². The fourth-order valence-corrected chi connectivity index (χ4v) is 2.49. The highest BCUT2D eigenvalue weighted by atomic mass is 35.5. The number of hydrogen-bond acceptors (Lipinski definition) is 4. The summed E-state index contributed by atoms with van der Waals surface area (Å²) in [6.07, 6.45) is 2.06. The monoisotopic (exact) mass is 307 g/mol. The molecule has 1 aromatic heterocycles. The Morgan fingerprint density at radius 3 is 2.55 bits per heavy atom. The minimum Gasteiger partial charge on any atom is -0.339 e. The predicted octanol–water partition coefficient (Wildman–Crippen LogP) is 5.03. The van der Waals surface area contributed by atoms with Crippen LogP contribution >= 0.6 is 23.4 Å². The molecule has 0 bridgehead atoms. The zero-order valence-corrected chi connectivity index (χ0v) is 13.6. The third kappa shape index (κ3) is 3.25. The fourth-order valence-electron chi connectivity index (χ4n) is 1.76. The van der Waals surface area contributed by atoms with E-state index in [0.717, 1.165) is 22.9 Å². The summed E-state index contributed by atoms with van der Waals surface area (Å²) in [5, 5.41) is 3.88. The van der Waals surface area contributed by atoms with Crippen molar-refractivity contribution in [2.45, 2.75) is 31.6 Å². The van der Waals surface area contributed by atoms with Gasteiger partial charge in [0.1, 0.15) is 16.8 Å². The van der Waals surface area contributed by atoms with Crippen molar-refractivity contribution in [1.82, 2.24) is 9.97 Å². The molecule has 1 N–H and O–H groups in total. The van der Waals surface area contributed by atoms with E-state index < -0.39 is 0 Å². The van der Waals surface area contributed by atoms with Crippen LogP contribution in [0, 0.1) is 6.92 Å². The summed E-state index contributed by atoms with van der Waals surface area (Å²) in [4.78, 5) is 10.1. The van der Waals surface area contributed by atoms with Crippen LogP contribution in [0.15, 0.2) is 29.2 Å². The summed E-state index contributed by atoms with van der Waals surface area (Å²) < 4.78 is 0. The average Bonchev–Trinajstić information content (AvgIpc) is 2.44. The van der Waals surface area contributed by atoms with Crippen molar-refractivity contribution >= 4 is 34.9 Å². The van der Waals surface area contributed by atoms with Gasteiger partial charge in [-0.15, -0.1) is 11.8 Å². The number of hydrogen-bond donors (Lipinski definition) is 1. The van der Waals surface area contributed by atoms with Crippen molar-refractivity contribution in [3.8, 4) is 0 Å². The molecule has 0 amide bonds. The quantitative estimate of drug-likeness (QED) is 0.635. The van der Waals surface area contributed by atoms with E-state index in [0.29, 0.717) is 5.15 Å². The van der Waals surface area contributed by atoms with Crippen LogP contribution in [0.2, 0.25) is 5.15 Å². The maximum Gasteiger partial charge on any atom is 0.138 e. The van der Waals surface area contributed by atoms with Gasteiger partial charge >= 0.3 is 0 Å². The summed E-state index contributed by atoms with van der Waals surface area (Å²) in [5.74, 6) is 1.77. The second-order valence-corrected chi connectivity index (χ2v) is 6.03. The minimum absolute atomic E-state index is 0.240. The van der Waals surface area contributed by atoms with Gasteiger partial charge in [0.15, 0.2) is 0 Å². The number of thioether (sulfide) groups is 1. The first-order chi connectivity index (χ1) is 9.52. The maximum atomic E-state index is 6.21. The fraction of sp³-hybridized carbons (Fsp3) is 0.333. The van der Waals surface area contributed by atoms with Gasteiger partial charge in [0.25, 0.3) is 0 Å². The van der Waals surface area contributed by atoms with Gasteiger partial charge in [-0.3, -0.25) is 0 Å². The molecule has 20 heavy (non-hydrogen) atoms. The van der Waals surface area contributed by atoms with E-state index in [1.165, 1.54) is 4.90 Å². The first kappa shape index (κ1) is 15.1. The standard InChI is InChI=1S/C15H18ClN3S/c1-9(2)14-18-13(16)10(3)15(19-14)17-11-7-5-6-8-12(11)20-4/h5-9H,1-4H3,(H,17,18,19). The molecule has 2 rings (SSSR count). The Morgan fingerprint density at radius 1 is 1.20 bits per heavy atom. The van der Waals surface area contributed by atoms with Crippen LogP contribution in [0.5, 0.6) is 0 Å². The summed E-state index contributed by atoms with van der Waals surface area (Å²) in [6, 6.07) is 8.14. The molecule has 0 aliphatic carbocycles. The van der Waals surface area contributed by atoms with Crippen LogP contribution in [0.3, 0.4) is 0 Å². The molecule has 1 aromatic carbocycles. The van der Waals surface area contributed by atoms with E-state index in [2.05, 4.69) is 41.5 Å². The number of anilines is 2. The lowest BCUT2D eigenvalue weighted by molar-refractivity contribution is 0.773. The van der Waals surface area contributed by atoms with Crippen LogP contribution in [-0.2, 0) is 0 Å². The Bertz CT molecular complexity index is 614. The van der Waals surface area contributed by atoms with Crippen LogP contribution < -0.4 is 5.32 Å². The Balaban J connectivity index is 2.42. The van der Waals surface area contributed by atoms with E-state index in [4.69, 9.17) is 11.6 Å². The van der Waals surface area contributed by atoms with E-state index in [1.807, 2.05) is 25.1 Å².